The lowest BCUT2D eigenvalue weighted by atomic mass is 9.96. The molecule has 0 aromatic heterocycles. The minimum absolute atomic E-state index is 0.183. The van der Waals surface area contributed by atoms with E-state index in [0.717, 1.165) is 17.2 Å². The Balaban J connectivity index is 0.000000185. The molecule has 8 heteroatoms. The van der Waals surface area contributed by atoms with Gasteiger partial charge in [0, 0.05) is 9.13 Å². The van der Waals surface area contributed by atoms with Gasteiger partial charge in [0.15, 0.2) is 0 Å². The predicted molar refractivity (Wildman–Crippen MR) is 222 cm³/mol. The quantitative estimate of drug-likeness (QED) is 0.115. The number of ether oxygens (including phenoxy) is 1. The second-order valence-corrected chi connectivity index (χ2v) is 15.1. The van der Waals surface area contributed by atoms with Gasteiger partial charge in [-0.05, 0) is 103 Å². The number of alkyl halides is 6. The first-order chi connectivity index (χ1) is 25.9. The molecule has 6 rings (SSSR count). The second-order valence-electron chi connectivity index (χ2n) is 13.9. The Labute approximate surface area is 334 Å². The van der Waals surface area contributed by atoms with Crippen molar-refractivity contribution in [1.82, 2.24) is 0 Å². The summed E-state index contributed by atoms with van der Waals surface area (Å²) in [4.78, 5) is 0. The summed E-state index contributed by atoms with van der Waals surface area (Å²) in [6.07, 6.45) is -9.01. The Kier molecular flexibility index (Phi) is 15.2. The molecule has 0 heterocycles. The van der Waals surface area contributed by atoms with Crippen molar-refractivity contribution in [2.24, 2.45) is 0 Å². The summed E-state index contributed by atoms with van der Waals surface area (Å²) in [7, 11) is 0. The third-order valence-electron chi connectivity index (χ3n) is 8.88. The molecular weight excluding hydrogens is 821 g/mol. The lowest BCUT2D eigenvalue weighted by Crippen LogP contribution is -2.17. The topological polar surface area (TPSA) is 9.23 Å². The van der Waals surface area contributed by atoms with E-state index in [2.05, 4.69) is 117 Å². The fraction of sp³-hybridized carbons (Fsp3) is 0.234. The number of hydrogen-bond acceptors (Lipinski definition) is 1. The Hall–Kier alpha value is -4.57. The molecule has 55 heavy (non-hydrogen) atoms. The zero-order valence-corrected chi connectivity index (χ0v) is 33.8. The largest absolute Gasteiger partial charge is 0.573 e. The molecule has 6 aromatic carbocycles. The van der Waals surface area contributed by atoms with Crippen LogP contribution >= 0.6 is 22.6 Å². The summed E-state index contributed by atoms with van der Waals surface area (Å²) in [5.41, 5.74) is 7.64. The molecular formula is C47H45F6IO. The molecule has 288 valence electrons. The summed E-state index contributed by atoms with van der Waals surface area (Å²) in [6, 6.07) is 43.9. The average Bonchev–Trinajstić information content (AvgIpc) is 3.15. The van der Waals surface area contributed by atoms with Gasteiger partial charge in [0.25, 0.3) is 0 Å². The van der Waals surface area contributed by atoms with Crippen LogP contribution in [0.25, 0.3) is 33.4 Å². The maximum atomic E-state index is 12.9. The zero-order chi connectivity index (χ0) is 40.3. The van der Waals surface area contributed by atoms with Crippen LogP contribution < -0.4 is 4.74 Å². The molecule has 0 N–H and O–H groups in total. The normalized spacial score (nSPS) is 11.5. The lowest BCUT2D eigenvalue weighted by Gasteiger charge is -2.14. The second kappa shape index (κ2) is 19.3. The van der Waals surface area contributed by atoms with Crippen LogP contribution in [0.4, 0.5) is 26.3 Å². The van der Waals surface area contributed by atoms with E-state index in [1.807, 2.05) is 36.4 Å². The molecule has 0 saturated heterocycles. The highest BCUT2D eigenvalue weighted by atomic mass is 127. The molecule has 0 radical (unpaired) electrons. The van der Waals surface area contributed by atoms with Gasteiger partial charge in [-0.1, -0.05) is 169 Å². The zero-order valence-electron chi connectivity index (χ0n) is 31.6. The van der Waals surface area contributed by atoms with Crippen LogP contribution in [0, 0.1) is 3.57 Å². The Bertz CT molecular complexity index is 2080. The van der Waals surface area contributed by atoms with E-state index in [-0.39, 0.29) is 11.3 Å². The maximum Gasteiger partial charge on any atom is 0.573 e. The first-order valence-corrected chi connectivity index (χ1v) is 19.1. The highest BCUT2D eigenvalue weighted by Crippen LogP contribution is 2.37. The summed E-state index contributed by atoms with van der Waals surface area (Å²) in [5.74, 6) is 1.17. The van der Waals surface area contributed by atoms with Crippen molar-refractivity contribution in [2.45, 2.75) is 71.8 Å². The van der Waals surface area contributed by atoms with Gasteiger partial charge in [-0.25, -0.2) is 0 Å². The molecule has 0 spiro atoms. The minimum atomic E-state index is -4.69. The summed E-state index contributed by atoms with van der Waals surface area (Å²) >= 11 is 2.39. The van der Waals surface area contributed by atoms with Crippen molar-refractivity contribution >= 4 is 22.6 Å². The minimum Gasteiger partial charge on any atom is -0.405 e. The van der Waals surface area contributed by atoms with Crippen molar-refractivity contribution in [2.75, 3.05) is 0 Å². The Morgan fingerprint density at radius 3 is 1.16 bits per heavy atom. The van der Waals surface area contributed by atoms with Gasteiger partial charge < -0.3 is 4.74 Å². The number of benzene rings is 6. The van der Waals surface area contributed by atoms with Gasteiger partial charge in [0.05, 0.1) is 5.56 Å². The number of para-hydroxylation sites is 1. The maximum absolute atomic E-state index is 12.9. The summed E-state index contributed by atoms with van der Waals surface area (Å²) in [6.45, 7) is 12.7. The van der Waals surface area contributed by atoms with Crippen molar-refractivity contribution in [3.63, 3.8) is 0 Å². The van der Waals surface area contributed by atoms with Gasteiger partial charge in [0.1, 0.15) is 5.75 Å². The van der Waals surface area contributed by atoms with Crippen LogP contribution in [-0.2, 0) is 6.18 Å². The highest BCUT2D eigenvalue weighted by Gasteiger charge is 2.33. The smallest absolute Gasteiger partial charge is 0.405 e. The van der Waals surface area contributed by atoms with Crippen LogP contribution in [0.15, 0.2) is 146 Å². The van der Waals surface area contributed by atoms with Gasteiger partial charge in [-0.2, -0.15) is 13.2 Å². The van der Waals surface area contributed by atoms with E-state index in [0.29, 0.717) is 34.4 Å². The van der Waals surface area contributed by atoms with Crippen molar-refractivity contribution < 1.29 is 31.1 Å². The average molecular weight is 867 g/mol. The molecule has 0 bridgehead atoms. The number of rotatable bonds is 7. The van der Waals surface area contributed by atoms with Gasteiger partial charge in [-0.15, -0.1) is 13.2 Å². The van der Waals surface area contributed by atoms with Crippen LogP contribution in [0.1, 0.15) is 81.5 Å². The molecule has 0 aliphatic heterocycles. The first-order valence-electron chi connectivity index (χ1n) is 18.0. The Morgan fingerprint density at radius 1 is 0.418 bits per heavy atom. The first kappa shape index (κ1) is 43.2. The summed E-state index contributed by atoms with van der Waals surface area (Å²) in [5, 5.41) is 0. The molecule has 0 aliphatic rings. The van der Waals surface area contributed by atoms with E-state index in [4.69, 9.17) is 0 Å². The molecule has 0 amide bonds. The molecule has 0 atom stereocenters. The molecule has 0 aliphatic carbocycles. The van der Waals surface area contributed by atoms with Crippen molar-refractivity contribution in [3.05, 3.63) is 171 Å². The third kappa shape index (κ3) is 12.7. The van der Waals surface area contributed by atoms with E-state index in [1.54, 1.807) is 30.3 Å². The van der Waals surface area contributed by atoms with Crippen LogP contribution in [-0.4, -0.2) is 6.36 Å². The molecule has 0 unspecified atom stereocenters. The van der Waals surface area contributed by atoms with Crippen LogP contribution in [0.2, 0.25) is 0 Å². The fourth-order valence-corrected chi connectivity index (χ4v) is 6.44. The third-order valence-corrected chi connectivity index (χ3v) is 9.82. The van der Waals surface area contributed by atoms with Crippen molar-refractivity contribution in [3.8, 4) is 39.1 Å². The van der Waals surface area contributed by atoms with Crippen LogP contribution in [0.5, 0.6) is 5.75 Å². The molecule has 0 saturated carbocycles. The van der Waals surface area contributed by atoms with Gasteiger partial charge >= 0.3 is 12.5 Å². The Morgan fingerprint density at radius 2 is 0.764 bits per heavy atom. The van der Waals surface area contributed by atoms with E-state index >= 15 is 0 Å². The molecule has 1 nitrogen and oxygen atoms in total. The predicted octanol–water partition coefficient (Wildman–Crippen LogP) is 16.0. The number of halogens is 7. The van der Waals surface area contributed by atoms with Gasteiger partial charge in [0.2, 0.25) is 0 Å². The van der Waals surface area contributed by atoms with E-state index in [1.165, 1.54) is 44.5 Å². The van der Waals surface area contributed by atoms with Crippen molar-refractivity contribution in [1.29, 1.82) is 0 Å². The monoisotopic (exact) mass is 866 g/mol. The summed E-state index contributed by atoms with van der Waals surface area (Å²) < 4.78 is 81.3. The fourth-order valence-electron chi connectivity index (χ4n) is 5.74. The van der Waals surface area contributed by atoms with Crippen LogP contribution in [0.3, 0.4) is 0 Å². The highest BCUT2D eigenvalue weighted by molar-refractivity contribution is 14.1. The van der Waals surface area contributed by atoms with E-state index < -0.39 is 18.1 Å². The van der Waals surface area contributed by atoms with E-state index in [9.17, 15) is 26.3 Å². The number of hydrogen-bond donors (Lipinski definition) is 0. The SMILES string of the molecule is CC(C)c1ccc(-c2ccccc2C(F)(F)F)cc1.CC(C)c1ccc(-c2ccccc2I)cc1.CC(C)c1ccc(-c2ccccc2OC(F)(F)F)cc1. The lowest BCUT2D eigenvalue weighted by molar-refractivity contribution is -0.274. The molecule has 6 aromatic rings. The molecule has 0 fully saturated rings. The standard InChI is InChI=1S/C16H15F3O.C16H15F3.C15H15I/c1-11(2)12-7-9-13(10-8-12)14-5-3-4-6-15(14)20-16(17,18)19;1-11(2)12-7-9-13(10-8-12)14-5-3-4-6-15(14)16(17,18)19;1-11(2)12-7-9-13(10-8-12)14-5-3-4-6-15(14)16/h3-11H,1-2H3;3-11H,1-2H3;3-11H,1-2H3. The van der Waals surface area contributed by atoms with Gasteiger partial charge in [-0.3, -0.25) is 0 Å².